The molecule has 1 atom stereocenters. The number of aliphatic hydroxyl groups excluding tert-OH is 1. The fraction of sp³-hybridized carbons (Fsp3) is 0.100. The Labute approximate surface area is 154 Å². The Morgan fingerprint density at radius 3 is 2.62 bits per heavy atom. The summed E-state index contributed by atoms with van der Waals surface area (Å²) in [6, 6.07) is 17.8. The van der Waals surface area contributed by atoms with Gasteiger partial charge in [-0.15, -0.1) is 11.3 Å². The molecule has 26 heavy (non-hydrogen) atoms. The lowest BCUT2D eigenvalue weighted by molar-refractivity contribution is 0.186. The number of anilines is 1. The maximum absolute atomic E-state index is 13.9. The van der Waals surface area contributed by atoms with Crippen LogP contribution < -0.4 is 5.32 Å². The number of aromatic nitrogens is 2. The van der Waals surface area contributed by atoms with Crippen molar-refractivity contribution in [3.05, 3.63) is 77.4 Å². The molecule has 4 aromatic rings. The predicted octanol–water partition coefficient (Wildman–Crippen LogP) is 4.64. The number of hydrogen-bond acceptors (Lipinski definition) is 5. The van der Waals surface area contributed by atoms with Crippen molar-refractivity contribution in [2.45, 2.75) is 6.10 Å². The molecule has 0 bridgehead atoms. The number of benzene rings is 2. The molecule has 0 radical (unpaired) electrons. The number of nitrogens with one attached hydrogen (secondary N) is 1. The molecule has 130 valence electrons. The Balaban J connectivity index is 1.66. The molecule has 0 saturated heterocycles. The first-order valence-corrected chi connectivity index (χ1v) is 9.07. The number of para-hydroxylation sites is 1. The zero-order chi connectivity index (χ0) is 17.9. The first-order valence-electron chi connectivity index (χ1n) is 8.19. The Morgan fingerprint density at radius 2 is 1.81 bits per heavy atom. The van der Waals surface area contributed by atoms with Crippen LogP contribution in [0, 0.1) is 5.82 Å². The fourth-order valence-electron chi connectivity index (χ4n) is 2.78. The highest BCUT2D eigenvalue weighted by atomic mass is 32.1. The minimum absolute atomic E-state index is 0.145. The first-order chi connectivity index (χ1) is 12.7. The van der Waals surface area contributed by atoms with Crippen LogP contribution in [0.5, 0.6) is 0 Å². The summed E-state index contributed by atoms with van der Waals surface area (Å²) >= 11 is 1.56. The van der Waals surface area contributed by atoms with E-state index in [1.54, 1.807) is 29.5 Å². The lowest BCUT2D eigenvalue weighted by Gasteiger charge is -2.15. The van der Waals surface area contributed by atoms with E-state index in [4.69, 9.17) is 0 Å². The van der Waals surface area contributed by atoms with Gasteiger partial charge in [0.25, 0.3) is 0 Å². The normalized spacial score (nSPS) is 12.2. The fourth-order valence-corrected chi connectivity index (χ4v) is 3.43. The topological polar surface area (TPSA) is 58.0 Å². The summed E-state index contributed by atoms with van der Waals surface area (Å²) in [5.74, 6) is 0.824. The SMILES string of the molecule is OC(CNc1nc(-c2cccs2)nc2ccccc12)c1ccccc1F. The standard InChI is InChI=1S/C20H16FN3OS/c21-15-8-3-1-6-13(15)17(25)12-22-19-14-7-2-4-9-16(14)23-20(24-19)18-10-5-11-26-18/h1-11,17,25H,12H2,(H,22,23,24). The molecule has 4 rings (SSSR count). The van der Waals surface area contributed by atoms with Crippen molar-refractivity contribution in [1.29, 1.82) is 0 Å². The third-order valence-corrected chi connectivity index (χ3v) is 4.94. The summed E-state index contributed by atoms with van der Waals surface area (Å²) in [5, 5.41) is 16.3. The second-order valence-corrected chi connectivity index (χ2v) is 6.76. The summed E-state index contributed by atoms with van der Waals surface area (Å²) in [6.45, 7) is 0.145. The highest BCUT2D eigenvalue weighted by Gasteiger charge is 2.14. The number of hydrogen-bond donors (Lipinski definition) is 2. The van der Waals surface area contributed by atoms with Gasteiger partial charge in [-0.25, -0.2) is 14.4 Å². The Hall–Kier alpha value is -2.83. The van der Waals surface area contributed by atoms with E-state index in [2.05, 4.69) is 15.3 Å². The van der Waals surface area contributed by atoms with Crippen molar-refractivity contribution in [2.24, 2.45) is 0 Å². The Kier molecular flexibility index (Phi) is 4.60. The molecule has 0 fully saturated rings. The van der Waals surface area contributed by atoms with Crippen molar-refractivity contribution in [3.8, 4) is 10.7 Å². The predicted molar refractivity (Wildman–Crippen MR) is 103 cm³/mol. The summed E-state index contributed by atoms with van der Waals surface area (Å²) in [6.07, 6.45) is -0.977. The maximum Gasteiger partial charge on any atom is 0.172 e. The highest BCUT2D eigenvalue weighted by Crippen LogP contribution is 2.28. The van der Waals surface area contributed by atoms with E-state index in [0.29, 0.717) is 11.6 Å². The van der Waals surface area contributed by atoms with Crippen molar-refractivity contribution < 1.29 is 9.50 Å². The zero-order valence-corrected chi connectivity index (χ0v) is 14.6. The Morgan fingerprint density at radius 1 is 1.00 bits per heavy atom. The summed E-state index contributed by atoms with van der Waals surface area (Å²) < 4.78 is 13.9. The van der Waals surface area contributed by atoms with Crippen molar-refractivity contribution >= 4 is 28.1 Å². The molecular formula is C20H16FN3OS. The summed E-state index contributed by atoms with van der Waals surface area (Å²) in [7, 11) is 0. The second kappa shape index (κ2) is 7.19. The molecule has 0 aliphatic carbocycles. The molecule has 2 aromatic heterocycles. The molecule has 6 heteroatoms. The number of aliphatic hydroxyl groups is 1. The lowest BCUT2D eigenvalue weighted by atomic mass is 10.1. The molecule has 1 unspecified atom stereocenters. The zero-order valence-electron chi connectivity index (χ0n) is 13.8. The molecule has 0 saturated carbocycles. The number of thiophene rings is 1. The van der Waals surface area contributed by atoms with Gasteiger partial charge in [-0.1, -0.05) is 36.4 Å². The quantitative estimate of drug-likeness (QED) is 0.541. The molecule has 0 aliphatic heterocycles. The monoisotopic (exact) mass is 365 g/mol. The van der Waals surface area contributed by atoms with Crippen LogP contribution in [0.15, 0.2) is 66.0 Å². The van der Waals surface area contributed by atoms with Crippen LogP contribution in [0.3, 0.4) is 0 Å². The van der Waals surface area contributed by atoms with Gasteiger partial charge in [0, 0.05) is 17.5 Å². The number of rotatable bonds is 5. The van der Waals surface area contributed by atoms with Crippen LogP contribution in [0.25, 0.3) is 21.6 Å². The van der Waals surface area contributed by atoms with Gasteiger partial charge in [-0.05, 0) is 29.6 Å². The third kappa shape index (κ3) is 3.29. The van der Waals surface area contributed by atoms with E-state index < -0.39 is 11.9 Å². The van der Waals surface area contributed by atoms with Crippen LogP contribution in [0.1, 0.15) is 11.7 Å². The van der Waals surface area contributed by atoms with Crippen LogP contribution in [-0.2, 0) is 0 Å². The average Bonchev–Trinajstić information content (AvgIpc) is 3.21. The first kappa shape index (κ1) is 16.6. The summed E-state index contributed by atoms with van der Waals surface area (Å²) in [4.78, 5) is 10.2. The van der Waals surface area contributed by atoms with Gasteiger partial charge < -0.3 is 10.4 Å². The minimum atomic E-state index is -0.977. The van der Waals surface area contributed by atoms with E-state index in [1.165, 1.54) is 6.07 Å². The van der Waals surface area contributed by atoms with Crippen molar-refractivity contribution in [3.63, 3.8) is 0 Å². The van der Waals surface area contributed by atoms with E-state index >= 15 is 0 Å². The number of nitrogens with zero attached hydrogens (tertiary/aromatic N) is 2. The molecule has 0 aliphatic rings. The number of fused-ring (bicyclic) bond motifs is 1. The van der Waals surface area contributed by atoms with Crippen LogP contribution in [-0.4, -0.2) is 21.6 Å². The Bertz CT molecular complexity index is 1040. The second-order valence-electron chi connectivity index (χ2n) is 5.81. The van der Waals surface area contributed by atoms with Crippen molar-refractivity contribution in [1.82, 2.24) is 9.97 Å². The molecule has 2 aromatic carbocycles. The molecular weight excluding hydrogens is 349 g/mol. The lowest BCUT2D eigenvalue weighted by Crippen LogP contribution is -2.14. The van der Waals surface area contributed by atoms with Gasteiger partial charge in [0.2, 0.25) is 0 Å². The smallest absolute Gasteiger partial charge is 0.172 e. The largest absolute Gasteiger partial charge is 0.386 e. The van der Waals surface area contributed by atoms with Gasteiger partial charge in [0.1, 0.15) is 11.6 Å². The van der Waals surface area contributed by atoms with E-state index in [0.717, 1.165) is 15.8 Å². The van der Waals surface area contributed by atoms with Gasteiger partial charge in [0.05, 0.1) is 16.5 Å². The number of halogens is 1. The maximum atomic E-state index is 13.9. The molecule has 0 spiro atoms. The summed E-state index contributed by atoms with van der Waals surface area (Å²) in [5.41, 5.74) is 1.07. The van der Waals surface area contributed by atoms with Gasteiger partial charge in [-0.2, -0.15) is 0 Å². The van der Waals surface area contributed by atoms with Gasteiger partial charge in [-0.3, -0.25) is 0 Å². The van der Waals surface area contributed by atoms with E-state index in [9.17, 15) is 9.50 Å². The highest BCUT2D eigenvalue weighted by molar-refractivity contribution is 7.13. The molecule has 0 amide bonds. The molecule has 2 heterocycles. The van der Waals surface area contributed by atoms with Crippen LogP contribution in [0.4, 0.5) is 10.2 Å². The van der Waals surface area contributed by atoms with Crippen LogP contribution in [0.2, 0.25) is 0 Å². The van der Waals surface area contributed by atoms with E-state index in [1.807, 2.05) is 41.8 Å². The average molecular weight is 365 g/mol. The molecule has 4 nitrogen and oxygen atoms in total. The van der Waals surface area contributed by atoms with E-state index in [-0.39, 0.29) is 12.1 Å². The van der Waals surface area contributed by atoms with Crippen molar-refractivity contribution in [2.75, 3.05) is 11.9 Å². The van der Waals surface area contributed by atoms with Gasteiger partial charge >= 0.3 is 0 Å². The van der Waals surface area contributed by atoms with Crippen LogP contribution >= 0.6 is 11.3 Å². The van der Waals surface area contributed by atoms with Gasteiger partial charge in [0.15, 0.2) is 5.82 Å². The molecule has 2 N–H and O–H groups in total. The minimum Gasteiger partial charge on any atom is -0.386 e. The third-order valence-electron chi connectivity index (χ3n) is 4.07.